The standard InChI is InChI=1S/C13H14N4O4/c1-20-12(18)10-9(14)11(13(19)21-2)17(16-10)7-8-4-3-5-15-6-8/h3-6H,7,14H2,1-2H3. The number of rotatable bonds is 4. The average Bonchev–Trinajstić information content (AvgIpc) is 2.83. The molecule has 2 N–H and O–H groups in total. The van der Waals surface area contributed by atoms with Gasteiger partial charge in [0.05, 0.1) is 20.8 Å². The molecule has 0 aromatic carbocycles. The van der Waals surface area contributed by atoms with Crippen LogP contribution in [0.3, 0.4) is 0 Å². The Hall–Kier alpha value is -2.90. The van der Waals surface area contributed by atoms with Crippen molar-refractivity contribution < 1.29 is 19.1 Å². The lowest BCUT2D eigenvalue weighted by Crippen LogP contribution is -2.14. The molecule has 0 aliphatic heterocycles. The van der Waals surface area contributed by atoms with Crippen LogP contribution in [0.15, 0.2) is 24.5 Å². The van der Waals surface area contributed by atoms with Gasteiger partial charge in [-0.05, 0) is 11.6 Å². The molecule has 0 aliphatic carbocycles. The molecule has 0 fully saturated rings. The first-order chi connectivity index (χ1) is 10.1. The Balaban J connectivity index is 2.48. The number of ether oxygens (including phenoxy) is 2. The van der Waals surface area contributed by atoms with E-state index in [1.807, 2.05) is 6.07 Å². The average molecular weight is 290 g/mol. The normalized spacial score (nSPS) is 10.2. The van der Waals surface area contributed by atoms with Crippen molar-refractivity contribution in [3.63, 3.8) is 0 Å². The molecule has 0 amide bonds. The highest BCUT2D eigenvalue weighted by molar-refractivity contribution is 6.01. The second-order valence-electron chi connectivity index (χ2n) is 4.11. The summed E-state index contributed by atoms with van der Waals surface area (Å²) >= 11 is 0. The molecular weight excluding hydrogens is 276 g/mol. The number of esters is 2. The Morgan fingerprint density at radius 2 is 2.00 bits per heavy atom. The van der Waals surface area contributed by atoms with E-state index in [4.69, 9.17) is 5.73 Å². The highest BCUT2D eigenvalue weighted by Gasteiger charge is 2.26. The molecular formula is C13H14N4O4. The SMILES string of the molecule is COC(=O)c1nn(Cc2cccnc2)c(C(=O)OC)c1N. The van der Waals surface area contributed by atoms with Crippen molar-refractivity contribution in [2.24, 2.45) is 0 Å². The number of aromatic nitrogens is 3. The second kappa shape index (κ2) is 6.04. The molecule has 0 spiro atoms. The minimum Gasteiger partial charge on any atom is -0.464 e. The molecule has 8 nitrogen and oxygen atoms in total. The summed E-state index contributed by atoms with van der Waals surface area (Å²) in [4.78, 5) is 27.4. The Morgan fingerprint density at radius 3 is 2.57 bits per heavy atom. The summed E-state index contributed by atoms with van der Waals surface area (Å²) < 4.78 is 10.6. The summed E-state index contributed by atoms with van der Waals surface area (Å²) in [6.45, 7) is 0.222. The lowest BCUT2D eigenvalue weighted by atomic mass is 10.2. The topological polar surface area (TPSA) is 109 Å². The van der Waals surface area contributed by atoms with Crippen LogP contribution in [0.25, 0.3) is 0 Å². The third-order valence-corrected chi connectivity index (χ3v) is 2.80. The number of nitrogens with zero attached hydrogens (tertiary/aromatic N) is 3. The number of hydrogen-bond donors (Lipinski definition) is 1. The number of anilines is 1. The summed E-state index contributed by atoms with van der Waals surface area (Å²) in [7, 11) is 2.43. The van der Waals surface area contributed by atoms with Crippen LogP contribution in [0, 0.1) is 0 Å². The first-order valence-corrected chi connectivity index (χ1v) is 6.00. The predicted octanol–water partition coefficient (Wildman–Crippen LogP) is 0.482. The number of nitrogens with two attached hydrogens (primary N) is 1. The molecule has 2 aromatic heterocycles. The van der Waals surface area contributed by atoms with E-state index < -0.39 is 11.9 Å². The van der Waals surface area contributed by atoms with Crippen LogP contribution < -0.4 is 5.73 Å². The van der Waals surface area contributed by atoms with E-state index in [1.54, 1.807) is 18.5 Å². The van der Waals surface area contributed by atoms with Crippen molar-refractivity contribution in [1.82, 2.24) is 14.8 Å². The van der Waals surface area contributed by atoms with E-state index in [9.17, 15) is 9.59 Å². The number of hydrogen-bond acceptors (Lipinski definition) is 7. The van der Waals surface area contributed by atoms with Gasteiger partial charge in [-0.1, -0.05) is 6.07 Å². The first kappa shape index (κ1) is 14.5. The van der Waals surface area contributed by atoms with Crippen LogP contribution in [0.1, 0.15) is 26.5 Å². The van der Waals surface area contributed by atoms with Gasteiger partial charge in [0.25, 0.3) is 0 Å². The number of nitrogen functional groups attached to an aromatic ring is 1. The molecule has 0 radical (unpaired) electrons. The van der Waals surface area contributed by atoms with Crippen LogP contribution >= 0.6 is 0 Å². The van der Waals surface area contributed by atoms with Crippen LogP contribution in [-0.4, -0.2) is 40.9 Å². The fraction of sp³-hybridized carbons (Fsp3) is 0.231. The van der Waals surface area contributed by atoms with E-state index in [1.165, 1.54) is 18.9 Å². The highest BCUT2D eigenvalue weighted by Crippen LogP contribution is 2.20. The number of carbonyl (C=O) groups excluding carboxylic acids is 2. The second-order valence-corrected chi connectivity index (χ2v) is 4.11. The number of carbonyl (C=O) groups is 2. The van der Waals surface area contributed by atoms with E-state index in [0.717, 1.165) is 5.56 Å². The third kappa shape index (κ3) is 2.83. The van der Waals surface area contributed by atoms with Crippen LogP contribution in [0.5, 0.6) is 0 Å². The number of pyridine rings is 1. The van der Waals surface area contributed by atoms with Crippen LogP contribution in [0.2, 0.25) is 0 Å². The summed E-state index contributed by atoms with van der Waals surface area (Å²) in [5, 5.41) is 4.03. The minimum atomic E-state index is -0.720. The maximum Gasteiger partial charge on any atom is 0.360 e. The summed E-state index contributed by atoms with van der Waals surface area (Å²) in [6.07, 6.45) is 3.25. The Labute approximate surface area is 120 Å². The third-order valence-electron chi connectivity index (χ3n) is 2.80. The zero-order valence-corrected chi connectivity index (χ0v) is 11.6. The van der Waals surface area contributed by atoms with Gasteiger partial charge >= 0.3 is 11.9 Å². The lowest BCUT2D eigenvalue weighted by molar-refractivity contribution is 0.0581. The molecule has 0 saturated heterocycles. The molecule has 0 unspecified atom stereocenters. The summed E-state index contributed by atoms with van der Waals surface area (Å²) in [5.41, 5.74) is 6.41. The largest absolute Gasteiger partial charge is 0.464 e. The van der Waals surface area contributed by atoms with E-state index in [2.05, 4.69) is 19.6 Å². The van der Waals surface area contributed by atoms with Crippen molar-refractivity contribution in [3.05, 3.63) is 41.5 Å². The zero-order valence-electron chi connectivity index (χ0n) is 11.6. The van der Waals surface area contributed by atoms with Crippen molar-refractivity contribution in [2.75, 3.05) is 20.0 Å². The first-order valence-electron chi connectivity index (χ1n) is 6.00. The Kier molecular flexibility index (Phi) is 4.17. The van der Waals surface area contributed by atoms with Gasteiger partial charge in [-0.2, -0.15) is 5.10 Å². The summed E-state index contributed by atoms with van der Waals surface area (Å²) in [5.74, 6) is -1.40. The summed E-state index contributed by atoms with van der Waals surface area (Å²) in [6, 6.07) is 3.56. The van der Waals surface area contributed by atoms with Gasteiger partial charge in [0.15, 0.2) is 11.4 Å². The minimum absolute atomic E-state index is 0.00162. The van der Waals surface area contributed by atoms with E-state index in [0.29, 0.717) is 0 Å². The van der Waals surface area contributed by atoms with Crippen molar-refractivity contribution >= 4 is 17.6 Å². The van der Waals surface area contributed by atoms with Crippen LogP contribution in [0.4, 0.5) is 5.69 Å². The smallest absolute Gasteiger partial charge is 0.360 e. The fourth-order valence-electron chi connectivity index (χ4n) is 1.81. The molecule has 2 aromatic rings. The molecule has 8 heteroatoms. The van der Waals surface area contributed by atoms with Gasteiger partial charge in [0.2, 0.25) is 0 Å². The quantitative estimate of drug-likeness (QED) is 0.815. The molecule has 0 saturated carbocycles. The fourth-order valence-corrected chi connectivity index (χ4v) is 1.81. The molecule has 0 bridgehead atoms. The molecule has 2 rings (SSSR count). The maximum atomic E-state index is 11.8. The van der Waals surface area contributed by atoms with Crippen LogP contribution in [-0.2, 0) is 16.0 Å². The van der Waals surface area contributed by atoms with Gasteiger partial charge in [0, 0.05) is 12.4 Å². The Bertz CT molecular complexity index is 666. The molecule has 0 aliphatic rings. The molecule has 2 heterocycles. The molecule has 110 valence electrons. The van der Waals surface area contributed by atoms with E-state index in [-0.39, 0.29) is 23.6 Å². The van der Waals surface area contributed by atoms with Gasteiger partial charge in [-0.15, -0.1) is 0 Å². The highest BCUT2D eigenvalue weighted by atomic mass is 16.5. The predicted molar refractivity (Wildman–Crippen MR) is 72.7 cm³/mol. The molecule has 0 atom stereocenters. The lowest BCUT2D eigenvalue weighted by Gasteiger charge is -2.06. The van der Waals surface area contributed by atoms with Crippen molar-refractivity contribution in [3.8, 4) is 0 Å². The van der Waals surface area contributed by atoms with E-state index >= 15 is 0 Å². The monoisotopic (exact) mass is 290 g/mol. The van der Waals surface area contributed by atoms with Gasteiger partial charge < -0.3 is 15.2 Å². The van der Waals surface area contributed by atoms with Gasteiger partial charge in [0.1, 0.15) is 5.69 Å². The van der Waals surface area contributed by atoms with Crippen molar-refractivity contribution in [2.45, 2.75) is 6.54 Å². The molecule has 21 heavy (non-hydrogen) atoms. The van der Waals surface area contributed by atoms with Gasteiger partial charge in [-0.3, -0.25) is 9.67 Å². The Morgan fingerprint density at radius 1 is 1.29 bits per heavy atom. The number of methoxy groups -OCH3 is 2. The van der Waals surface area contributed by atoms with Gasteiger partial charge in [-0.25, -0.2) is 9.59 Å². The maximum absolute atomic E-state index is 11.8. The van der Waals surface area contributed by atoms with Crippen molar-refractivity contribution in [1.29, 1.82) is 0 Å². The zero-order chi connectivity index (χ0) is 15.4.